The third kappa shape index (κ3) is 4.49. The summed E-state index contributed by atoms with van der Waals surface area (Å²) in [5, 5.41) is 4.94. The van der Waals surface area contributed by atoms with Gasteiger partial charge in [-0.05, 0) is 48.6 Å². The van der Waals surface area contributed by atoms with Crippen LogP contribution >= 0.6 is 11.3 Å². The Hall–Kier alpha value is -2.05. The second kappa shape index (κ2) is 8.70. The minimum atomic E-state index is -0.138. The predicted octanol–water partition coefficient (Wildman–Crippen LogP) is 3.58. The van der Waals surface area contributed by atoms with Crippen molar-refractivity contribution in [3.8, 4) is 11.5 Å². The molecular formula is C18H23NO4S. The van der Waals surface area contributed by atoms with Crippen molar-refractivity contribution >= 4 is 17.2 Å². The molecule has 0 aliphatic rings. The van der Waals surface area contributed by atoms with Crippen molar-refractivity contribution in [2.75, 3.05) is 27.4 Å². The molecule has 0 radical (unpaired) electrons. The van der Waals surface area contributed by atoms with E-state index in [1.165, 1.54) is 11.3 Å². The van der Waals surface area contributed by atoms with Gasteiger partial charge >= 0.3 is 0 Å². The Morgan fingerprint density at radius 3 is 2.62 bits per heavy atom. The molecule has 1 atom stereocenters. The molecule has 0 saturated heterocycles. The highest BCUT2D eigenvalue weighted by molar-refractivity contribution is 7.12. The van der Waals surface area contributed by atoms with Gasteiger partial charge in [0.25, 0.3) is 5.91 Å². The fourth-order valence-corrected chi connectivity index (χ4v) is 3.09. The maximum Gasteiger partial charge on any atom is 0.262 e. The third-order valence-corrected chi connectivity index (χ3v) is 4.66. The van der Waals surface area contributed by atoms with Crippen LogP contribution in [0.2, 0.25) is 0 Å². The third-order valence-electron chi connectivity index (χ3n) is 3.65. The number of carbonyl (C=O) groups excluding carboxylic acids is 1. The van der Waals surface area contributed by atoms with Gasteiger partial charge in [-0.1, -0.05) is 6.07 Å². The normalized spacial score (nSPS) is 11.8. The lowest BCUT2D eigenvalue weighted by Crippen LogP contribution is -2.26. The first-order chi connectivity index (χ1) is 11.6. The second-order valence-electron chi connectivity index (χ2n) is 5.38. The van der Waals surface area contributed by atoms with E-state index in [0.29, 0.717) is 24.7 Å². The van der Waals surface area contributed by atoms with Gasteiger partial charge in [-0.2, -0.15) is 0 Å². The molecule has 1 N–H and O–H groups in total. The van der Waals surface area contributed by atoms with Crippen LogP contribution in [0.5, 0.6) is 11.5 Å². The molecule has 0 bridgehead atoms. The minimum absolute atomic E-state index is 0.0608. The lowest BCUT2D eigenvalue weighted by Gasteiger charge is -2.17. The van der Waals surface area contributed by atoms with Crippen LogP contribution < -0.4 is 14.8 Å². The molecule has 2 rings (SSSR count). The Balaban J connectivity index is 2.07. The molecule has 0 fully saturated rings. The SMILES string of the molecule is COCCOc1ccc([C@H](C)NC(=O)c2sccc2C)cc1OC. The van der Waals surface area contributed by atoms with E-state index >= 15 is 0 Å². The van der Waals surface area contributed by atoms with Gasteiger partial charge in [0.15, 0.2) is 11.5 Å². The molecule has 0 aliphatic heterocycles. The van der Waals surface area contributed by atoms with Crippen LogP contribution in [0.3, 0.4) is 0 Å². The number of hydrogen-bond acceptors (Lipinski definition) is 5. The molecule has 5 nitrogen and oxygen atoms in total. The van der Waals surface area contributed by atoms with Crippen molar-refractivity contribution in [2.24, 2.45) is 0 Å². The minimum Gasteiger partial charge on any atom is -0.493 e. The maximum absolute atomic E-state index is 12.3. The maximum atomic E-state index is 12.3. The summed E-state index contributed by atoms with van der Waals surface area (Å²) in [6, 6.07) is 7.47. The van der Waals surface area contributed by atoms with Crippen molar-refractivity contribution in [3.63, 3.8) is 0 Å². The fourth-order valence-electron chi connectivity index (χ4n) is 2.26. The summed E-state index contributed by atoms with van der Waals surface area (Å²) < 4.78 is 16.0. The molecule has 1 heterocycles. The summed E-state index contributed by atoms with van der Waals surface area (Å²) in [5.41, 5.74) is 1.94. The fraction of sp³-hybridized carbons (Fsp3) is 0.389. The van der Waals surface area contributed by atoms with Crippen LogP contribution in [0.1, 0.15) is 33.8 Å². The summed E-state index contributed by atoms with van der Waals surface area (Å²) >= 11 is 1.45. The van der Waals surface area contributed by atoms with E-state index in [4.69, 9.17) is 14.2 Å². The highest BCUT2D eigenvalue weighted by Crippen LogP contribution is 2.30. The van der Waals surface area contributed by atoms with Gasteiger partial charge in [-0.25, -0.2) is 0 Å². The number of carbonyl (C=O) groups is 1. The predicted molar refractivity (Wildman–Crippen MR) is 95.3 cm³/mol. The summed E-state index contributed by atoms with van der Waals surface area (Å²) in [6.07, 6.45) is 0. The molecule has 2 aromatic rings. The monoisotopic (exact) mass is 349 g/mol. The van der Waals surface area contributed by atoms with E-state index in [2.05, 4.69) is 5.32 Å². The molecule has 24 heavy (non-hydrogen) atoms. The summed E-state index contributed by atoms with van der Waals surface area (Å²) in [6.45, 7) is 4.85. The van der Waals surface area contributed by atoms with E-state index < -0.39 is 0 Å². The van der Waals surface area contributed by atoms with Crippen LogP contribution in [0, 0.1) is 6.92 Å². The Labute approximate surface area is 146 Å². The lowest BCUT2D eigenvalue weighted by atomic mass is 10.1. The van der Waals surface area contributed by atoms with Crippen LogP contribution in [0.15, 0.2) is 29.6 Å². The summed E-state index contributed by atoms with van der Waals surface area (Å²) in [5.74, 6) is 1.23. The lowest BCUT2D eigenvalue weighted by molar-refractivity contribution is 0.0943. The van der Waals surface area contributed by atoms with Crippen molar-refractivity contribution in [3.05, 3.63) is 45.6 Å². The number of methoxy groups -OCH3 is 2. The number of amides is 1. The first-order valence-corrected chi connectivity index (χ1v) is 8.59. The topological polar surface area (TPSA) is 56.8 Å². The first kappa shape index (κ1) is 18.3. The molecule has 0 aliphatic carbocycles. The molecular weight excluding hydrogens is 326 g/mol. The number of aryl methyl sites for hydroxylation is 1. The molecule has 6 heteroatoms. The summed E-state index contributed by atoms with van der Waals surface area (Å²) in [7, 11) is 3.23. The average Bonchev–Trinajstić information content (AvgIpc) is 3.01. The van der Waals surface area contributed by atoms with Crippen molar-refractivity contribution in [1.29, 1.82) is 0 Å². The number of hydrogen-bond donors (Lipinski definition) is 1. The number of nitrogens with one attached hydrogen (secondary N) is 1. The molecule has 0 unspecified atom stereocenters. The Morgan fingerprint density at radius 1 is 1.21 bits per heavy atom. The van der Waals surface area contributed by atoms with E-state index in [1.807, 2.05) is 43.5 Å². The van der Waals surface area contributed by atoms with Crippen LogP contribution in [0.4, 0.5) is 0 Å². The van der Waals surface area contributed by atoms with Gasteiger partial charge in [-0.15, -0.1) is 11.3 Å². The Bertz CT molecular complexity index is 683. The first-order valence-electron chi connectivity index (χ1n) is 7.71. The van der Waals surface area contributed by atoms with Gasteiger partial charge in [0, 0.05) is 7.11 Å². The number of thiophene rings is 1. The van der Waals surface area contributed by atoms with Crippen molar-refractivity contribution in [2.45, 2.75) is 19.9 Å². The van der Waals surface area contributed by atoms with Gasteiger partial charge in [0.2, 0.25) is 0 Å². The highest BCUT2D eigenvalue weighted by atomic mass is 32.1. The van der Waals surface area contributed by atoms with E-state index in [0.717, 1.165) is 16.0 Å². The zero-order chi connectivity index (χ0) is 17.5. The van der Waals surface area contributed by atoms with Crippen molar-refractivity contribution < 1.29 is 19.0 Å². The largest absolute Gasteiger partial charge is 0.493 e. The Morgan fingerprint density at radius 2 is 2.00 bits per heavy atom. The highest BCUT2D eigenvalue weighted by Gasteiger charge is 2.16. The molecule has 1 amide bonds. The molecule has 130 valence electrons. The van der Waals surface area contributed by atoms with Gasteiger partial charge in [0.05, 0.1) is 24.6 Å². The van der Waals surface area contributed by atoms with Crippen molar-refractivity contribution in [1.82, 2.24) is 5.32 Å². The van der Waals surface area contributed by atoms with Crippen LogP contribution in [-0.4, -0.2) is 33.3 Å². The number of rotatable bonds is 8. The van der Waals surface area contributed by atoms with Gasteiger partial charge < -0.3 is 19.5 Å². The Kier molecular flexibility index (Phi) is 6.63. The second-order valence-corrected chi connectivity index (χ2v) is 6.30. The molecule has 1 aromatic heterocycles. The molecule has 1 aromatic carbocycles. The van der Waals surface area contributed by atoms with Crippen LogP contribution in [-0.2, 0) is 4.74 Å². The standard InChI is InChI=1S/C18H23NO4S/c1-12-7-10-24-17(12)18(20)19-13(2)14-5-6-15(16(11-14)22-4)23-9-8-21-3/h5-7,10-11,13H,8-9H2,1-4H3,(H,19,20)/t13-/m0/s1. The van der Waals surface area contributed by atoms with E-state index in [-0.39, 0.29) is 11.9 Å². The molecule has 0 spiro atoms. The average molecular weight is 349 g/mol. The summed E-state index contributed by atoms with van der Waals surface area (Å²) in [4.78, 5) is 13.1. The smallest absolute Gasteiger partial charge is 0.262 e. The van der Waals surface area contributed by atoms with Gasteiger partial charge in [-0.3, -0.25) is 4.79 Å². The van der Waals surface area contributed by atoms with E-state index in [9.17, 15) is 4.79 Å². The zero-order valence-corrected chi connectivity index (χ0v) is 15.2. The zero-order valence-electron chi connectivity index (χ0n) is 14.4. The molecule has 0 saturated carbocycles. The number of benzene rings is 1. The van der Waals surface area contributed by atoms with E-state index in [1.54, 1.807) is 14.2 Å². The number of ether oxygens (including phenoxy) is 3. The van der Waals surface area contributed by atoms with Gasteiger partial charge in [0.1, 0.15) is 6.61 Å². The quantitative estimate of drug-likeness (QED) is 0.740. The van der Waals surface area contributed by atoms with Crippen LogP contribution in [0.25, 0.3) is 0 Å².